The topological polar surface area (TPSA) is 32.7 Å². The summed E-state index contributed by atoms with van der Waals surface area (Å²) in [4.78, 5) is 6.33. The van der Waals surface area contributed by atoms with Gasteiger partial charge in [0.25, 0.3) is 0 Å². The molecule has 1 atom stereocenters. The van der Waals surface area contributed by atoms with Gasteiger partial charge in [-0.3, -0.25) is 4.21 Å². The van der Waals surface area contributed by atoms with Gasteiger partial charge in [0.15, 0.2) is 0 Å². The summed E-state index contributed by atoms with van der Waals surface area (Å²) in [6.07, 6.45) is 3.02. The smallest absolute Gasteiger partial charge is 0.0462 e. The van der Waals surface area contributed by atoms with E-state index in [1.54, 1.807) is 5.41 Å². The maximum atomic E-state index is 12.0. The highest BCUT2D eigenvalue weighted by Gasteiger charge is 2.09. The summed E-state index contributed by atoms with van der Waals surface area (Å²) in [5, 5.41) is 2.13. The lowest BCUT2D eigenvalue weighted by atomic mass is 10.2. The number of hydrogen-bond donors (Lipinski definition) is 0. The van der Waals surface area contributed by atoms with Gasteiger partial charge < -0.3 is 9.89 Å². The third-order valence-electron chi connectivity index (χ3n) is 3.15. The van der Waals surface area contributed by atoms with Crippen LogP contribution in [0.3, 0.4) is 0 Å². The lowest BCUT2D eigenvalue weighted by Gasteiger charge is -2.27. The molecule has 3 rings (SSSR count). The van der Waals surface area contributed by atoms with Crippen LogP contribution in [0.15, 0.2) is 71.1 Å². The van der Waals surface area contributed by atoms with Crippen molar-refractivity contribution < 1.29 is 4.21 Å². The molecule has 0 amide bonds. The third kappa shape index (κ3) is 3.47. The Hall–Kier alpha value is -2.20. The minimum atomic E-state index is -1.20. The monoisotopic (exact) mass is 295 g/mol. The van der Waals surface area contributed by atoms with Gasteiger partial charge in [-0.2, -0.15) is 6.20 Å². The van der Waals surface area contributed by atoms with E-state index in [0.717, 1.165) is 11.1 Å². The van der Waals surface area contributed by atoms with Crippen molar-refractivity contribution in [2.24, 2.45) is 4.99 Å². The van der Waals surface area contributed by atoms with Crippen molar-refractivity contribution in [2.45, 2.75) is 13.1 Å². The van der Waals surface area contributed by atoms with Gasteiger partial charge in [0.2, 0.25) is 0 Å². The SMILES string of the molecule is O=S1C=[C-]N(Cc2ccccc2)C1=NCc1ccccc1. The van der Waals surface area contributed by atoms with E-state index in [2.05, 4.69) is 11.2 Å². The lowest BCUT2D eigenvalue weighted by molar-refractivity contribution is 0.542. The highest BCUT2D eigenvalue weighted by atomic mass is 32.2. The van der Waals surface area contributed by atoms with E-state index in [4.69, 9.17) is 0 Å². The van der Waals surface area contributed by atoms with Gasteiger partial charge in [0.1, 0.15) is 0 Å². The van der Waals surface area contributed by atoms with Crippen LogP contribution >= 0.6 is 0 Å². The molecule has 1 aliphatic rings. The first-order valence-electron chi connectivity index (χ1n) is 6.73. The first-order chi connectivity index (χ1) is 10.3. The van der Waals surface area contributed by atoms with Crippen molar-refractivity contribution in [1.29, 1.82) is 0 Å². The van der Waals surface area contributed by atoms with Crippen LogP contribution in [0.4, 0.5) is 0 Å². The molecule has 2 aromatic rings. The Morgan fingerprint density at radius 3 is 2.24 bits per heavy atom. The van der Waals surface area contributed by atoms with Crippen molar-refractivity contribution >= 4 is 16.0 Å². The Bertz CT molecular complexity index is 680. The normalized spacial score (nSPS) is 19.3. The maximum absolute atomic E-state index is 12.0. The number of hydrogen-bond acceptors (Lipinski definition) is 2. The van der Waals surface area contributed by atoms with Gasteiger partial charge >= 0.3 is 0 Å². The molecule has 0 N–H and O–H groups in total. The zero-order chi connectivity index (χ0) is 14.5. The Balaban J connectivity index is 1.74. The summed E-state index contributed by atoms with van der Waals surface area (Å²) in [5.41, 5.74) is 2.25. The van der Waals surface area contributed by atoms with Crippen molar-refractivity contribution in [3.05, 3.63) is 83.4 Å². The zero-order valence-electron chi connectivity index (χ0n) is 11.5. The molecule has 0 bridgehead atoms. The molecule has 106 valence electrons. The molecule has 0 fully saturated rings. The molecule has 1 unspecified atom stereocenters. The molecule has 1 heterocycles. The molecule has 21 heavy (non-hydrogen) atoms. The fourth-order valence-electron chi connectivity index (χ4n) is 2.10. The number of amidine groups is 1. The van der Waals surface area contributed by atoms with Crippen LogP contribution in [0.1, 0.15) is 11.1 Å². The average molecular weight is 295 g/mol. The molecule has 0 aromatic heterocycles. The first kappa shape index (κ1) is 13.8. The number of aliphatic imine (C=N–C) groups is 1. The van der Waals surface area contributed by atoms with Crippen molar-refractivity contribution in [1.82, 2.24) is 4.90 Å². The standard InChI is InChI=1S/C17H15N2OS/c20-21-12-11-19(14-16-9-5-2-6-10-16)17(21)18-13-15-7-3-1-4-8-15/h1-10,12H,13-14H2/q-1. The van der Waals surface area contributed by atoms with Crippen LogP contribution in [0.5, 0.6) is 0 Å². The second-order valence-corrected chi connectivity index (χ2v) is 5.90. The Morgan fingerprint density at radius 2 is 1.57 bits per heavy atom. The van der Waals surface area contributed by atoms with Gasteiger partial charge in [-0.15, -0.1) is 0 Å². The number of nitrogens with zero attached hydrogens (tertiary/aromatic N) is 2. The highest BCUT2D eigenvalue weighted by molar-refractivity contribution is 8.03. The van der Waals surface area contributed by atoms with E-state index in [1.165, 1.54) is 0 Å². The van der Waals surface area contributed by atoms with Crippen LogP contribution < -0.4 is 0 Å². The van der Waals surface area contributed by atoms with E-state index in [1.807, 2.05) is 65.6 Å². The molecule has 0 spiro atoms. The first-order valence-corrected chi connectivity index (χ1v) is 7.94. The van der Waals surface area contributed by atoms with Gasteiger partial charge in [0, 0.05) is 29.1 Å². The summed E-state index contributed by atoms with van der Waals surface area (Å²) in [6, 6.07) is 20.0. The minimum absolute atomic E-state index is 0.530. The maximum Gasteiger partial charge on any atom is 0.0462 e. The molecule has 1 aliphatic heterocycles. The molecular formula is C17H15N2OS-. The second kappa shape index (κ2) is 6.50. The summed E-state index contributed by atoms with van der Waals surface area (Å²) in [6.45, 7) is 1.17. The molecule has 0 saturated heterocycles. The fourth-order valence-corrected chi connectivity index (χ4v) is 2.95. The molecular weight excluding hydrogens is 280 g/mol. The molecule has 0 saturated carbocycles. The Kier molecular flexibility index (Phi) is 4.26. The van der Waals surface area contributed by atoms with Crippen molar-refractivity contribution in [3.63, 3.8) is 0 Å². The van der Waals surface area contributed by atoms with Crippen LogP contribution in [0, 0.1) is 6.20 Å². The van der Waals surface area contributed by atoms with E-state index in [0.29, 0.717) is 18.3 Å². The van der Waals surface area contributed by atoms with Gasteiger partial charge in [-0.05, 0) is 11.1 Å². The van der Waals surface area contributed by atoms with Crippen LogP contribution in [0.2, 0.25) is 0 Å². The Labute approximate surface area is 127 Å². The predicted molar refractivity (Wildman–Crippen MR) is 85.5 cm³/mol. The zero-order valence-corrected chi connectivity index (χ0v) is 12.3. The summed E-state index contributed by atoms with van der Waals surface area (Å²) < 4.78 is 12.0. The highest BCUT2D eigenvalue weighted by Crippen LogP contribution is 2.14. The molecule has 0 aliphatic carbocycles. The van der Waals surface area contributed by atoms with E-state index in [9.17, 15) is 4.21 Å². The number of rotatable bonds is 4. The van der Waals surface area contributed by atoms with Crippen LogP contribution in [0.25, 0.3) is 0 Å². The van der Waals surface area contributed by atoms with Gasteiger partial charge in [0.05, 0.1) is 0 Å². The average Bonchev–Trinajstić information content (AvgIpc) is 2.87. The molecule has 2 aromatic carbocycles. The predicted octanol–water partition coefficient (Wildman–Crippen LogP) is 3.08. The van der Waals surface area contributed by atoms with Crippen molar-refractivity contribution in [3.8, 4) is 0 Å². The fraction of sp³-hybridized carbons (Fsp3) is 0.118. The lowest BCUT2D eigenvalue weighted by Crippen LogP contribution is -2.24. The minimum Gasteiger partial charge on any atom is -0.485 e. The Morgan fingerprint density at radius 1 is 0.952 bits per heavy atom. The number of benzene rings is 2. The quantitative estimate of drug-likeness (QED) is 0.812. The van der Waals surface area contributed by atoms with Gasteiger partial charge in [-0.1, -0.05) is 66.1 Å². The second-order valence-electron chi connectivity index (χ2n) is 4.70. The molecule has 4 heteroatoms. The summed E-state index contributed by atoms with van der Waals surface area (Å²) in [7, 11) is -1.20. The van der Waals surface area contributed by atoms with Gasteiger partial charge in [-0.25, -0.2) is 0 Å². The summed E-state index contributed by atoms with van der Waals surface area (Å²) in [5.74, 6) is 0. The molecule has 0 radical (unpaired) electrons. The van der Waals surface area contributed by atoms with E-state index >= 15 is 0 Å². The third-order valence-corrected chi connectivity index (χ3v) is 4.18. The van der Waals surface area contributed by atoms with E-state index < -0.39 is 10.8 Å². The molecule has 3 nitrogen and oxygen atoms in total. The van der Waals surface area contributed by atoms with Crippen LogP contribution in [-0.2, 0) is 23.9 Å². The van der Waals surface area contributed by atoms with Crippen LogP contribution in [-0.4, -0.2) is 14.3 Å². The van der Waals surface area contributed by atoms with Crippen molar-refractivity contribution in [2.75, 3.05) is 0 Å². The van der Waals surface area contributed by atoms with E-state index in [-0.39, 0.29) is 0 Å². The summed E-state index contributed by atoms with van der Waals surface area (Å²) >= 11 is 0. The largest absolute Gasteiger partial charge is 0.485 e.